The predicted octanol–water partition coefficient (Wildman–Crippen LogP) is 3.85. The minimum atomic E-state index is -2.89. The molecule has 31 heavy (non-hydrogen) atoms. The van der Waals surface area contributed by atoms with Gasteiger partial charge in [-0.25, -0.2) is 23.1 Å². The van der Waals surface area contributed by atoms with Crippen LogP contribution in [0.25, 0.3) is 0 Å². The van der Waals surface area contributed by atoms with Crippen LogP contribution in [0, 0.1) is 0 Å². The predicted molar refractivity (Wildman–Crippen MR) is 112 cm³/mol. The molecule has 1 fully saturated rings. The molecule has 6 nitrogen and oxygen atoms in total. The number of halogens is 4. The molecule has 1 heterocycles. The van der Waals surface area contributed by atoms with Crippen LogP contribution in [0.3, 0.4) is 0 Å². The first-order chi connectivity index (χ1) is 14.5. The summed E-state index contributed by atoms with van der Waals surface area (Å²) < 4.78 is 41.3. The zero-order valence-electron chi connectivity index (χ0n) is 16.4. The minimum Gasteiger partial charge on any atom is -0.351 e. The summed E-state index contributed by atoms with van der Waals surface area (Å²) in [6.07, 6.45) is 3.01. The van der Waals surface area contributed by atoms with Gasteiger partial charge in [-0.05, 0) is 37.6 Å². The fraction of sp³-hybridized carbons (Fsp3) is 0.400. The van der Waals surface area contributed by atoms with E-state index in [4.69, 9.17) is 11.6 Å². The average molecular weight is 473 g/mol. The van der Waals surface area contributed by atoms with Gasteiger partial charge in [0.05, 0.1) is 0 Å². The fourth-order valence-corrected chi connectivity index (χ4v) is 3.86. The largest absolute Gasteiger partial charge is 0.351 e. The zero-order chi connectivity index (χ0) is 22.8. The third-order valence-corrected chi connectivity index (χ3v) is 5.75. The van der Waals surface area contributed by atoms with Crippen molar-refractivity contribution in [3.05, 3.63) is 48.5 Å². The quantitative estimate of drug-likeness (QED) is 0.494. The van der Waals surface area contributed by atoms with Crippen LogP contribution in [0.1, 0.15) is 31.7 Å². The number of hydrogen-bond acceptors (Lipinski definition) is 5. The van der Waals surface area contributed by atoms with Crippen LogP contribution in [-0.4, -0.2) is 39.4 Å². The summed E-state index contributed by atoms with van der Waals surface area (Å²) >= 11 is 9.67. The highest BCUT2D eigenvalue weighted by Crippen LogP contribution is 2.38. The summed E-state index contributed by atoms with van der Waals surface area (Å²) in [4.78, 5) is 35.6. The molecule has 0 spiro atoms. The van der Waals surface area contributed by atoms with Crippen molar-refractivity contribution in [3.8, 4) is 0 Å². The second-order valence-corrected chi connectivity index (χ2v) is 8.36. The summed E-state index contributed by atoms with van der Waals surface area (Å²) in [7, 11) is 0. The number of alkyl halides is 4. The first-order valence-electron chi connectivity index (χ1n) is 9.40. The fourth-order valence-electron chi connectivity index (χ4n) is 3.62. The maximum absolute atomic E-state index is 14.0. The number of nitrogens with zero attached hydrogens (tertiary/aromatic N) is 3. The van der Waals surface area contributed by atoms with E-state index in [0.717, 1.165) is 4.90 Å². The number of anilines is 1. The van der Waals surface area contributed by atoms with Crippen LogP contribution in [0.2, 0.25) is 0 Å². The molecule has 1 N–H and O–H groups in total. The van der Waals surface area contributed by atoms with Crippen LogP contribution in [0.5, 0.6) is 0 Å². The van der Waals surface area contributed by atoms with Gasteiger partial charge in [0.2, 0.25) is 5.92 Å². The van der Waals surface area contributed by atoms with Crippen molar-refractivity contribution in [2.45, 2.75) is 54.2 Å². The van der Waals surface area contributed by atoms with Crippen LogP contribution in [0.4, 0.5) is 18.9 Å². The number of amides is 2. The SMILES string of the molecule is C[C@](C(=O)N[C@@H]1CCC(F)(F)C1)(c1cncnc1)N(C(=O)[C@H](F)Cl)c1ccc(S)cc1. The highest BCUT2D eigenvalue weighted by molar-refractivity contribution is 7.80. The third kappa shape index (κ3) is 4.95. The minimum absolute atomic E-state index is 0.0731. The van der Waals surface area contributed by atoms with Gasteiger partial charge in [0.15, 0.2) is 5.54 Å². The van der Waals surface area contributed by atoms with Crippen molar-refractivity contribution in [2.24, 2.45) is 0 Å². The molecular weight excluding hydrogens is 453 g/mol. The number of aromatic nitrogens is 2. The molecule has 0 bridgehead atoms. The summed E-state index contributed by atoms with van der Waals surface area (Å²) in [6.45, 7) is 1.36. The van der Waals surface area contributed by atoms with E-state index in [1.165, 1.54) is 37.8 Å². The number of benzene rings is 1. The summed E-state index contributed by atoms with van der Waals surface area (Å²) in [5, 5.41) is 2.58. The van der Waals surface area contributed by atoms with E-state index < -0.39 is 41.4 Å². The molecule has 1 saturated carbocycles. The van der Waals surface area contributed by atoms with Crippen molar-refractivity contribution in [1.29, 1.82) is 0 Å². The number of carbonyl (C=O) groups is 2. The molecular formula is C20H20ClF3N4O2S. The van der Waals surface area contributed by atoms with Gasteiger partial charge in [0.25, 0.3) is 17.4 Å². The van der Waals surface area contributed by atoms with Crippen molar-refractivity contribution >= 4 is 41.7 Å². The van der Waals surface area contributed by atoms with E-state index >= 15 is 0 Å². The molecule has 2 amide bonds. The lowest BCUT2D eigenvalue weighted by molar-refractivity contribution is -0.131. The van der Waals surface area contributed by atoms with Gasteiger partial charge in [0.1, 0.15) is 6.33 Å². The molecule has 1 aromatic carbocycles. The molecule has 3 atom stereocenters. The lowest BCUT2D eigenvalue weighted by atomic mass is 9.89. The van der Waals surface area contributed by atoms with Crippen LogP contribution in [0.15, 0.2) is 47.9 Å². The summed E-state index contributed by atoms with van der Waals surface area (Å²) in [6, 6.07) is 5.24. The number of carbonyl (C=O) groups excluding carboxylic acids is 2. The lowest BCUT2D eigenvalue weighted by Gasteiger charge is -2.40. The molecule has 1 aromatic heterocycles. The molecule has 1 aliphatic carbocycles. The Morgan fingerprint density at radius 1 is 1.29 bits per heavy atom. The van der Waals surface area contributed by atoms with Crippen molar-refractivity contribution in [2.75, 3.05) is 4.90 Å². The average Bonchev–Trinajstić information content (AvgIpc) is 3.08. The smallest absolute Gasteiger partial charge is 0.278 e. The Morgan fingerprint density at radius 2 is 1.90 bits per heavy atom. The molecule has 11 heteroatoms. The Balaban J connectivity index is 2.09. The van der Waals surface area contributed by atoms with Gasteiger partial charge in [-0.1, -0.05) is 11.6 Å². The second-order valence-electron chi connectivity index (χ2n) is 7.46. The summed E-state index contributed by atoms with van der Waals surface area (Å²) in [5.74, 6) is -4.88. The number of thiol groups is 1. The van der Waals surface area contributed by atoms with E-state index in [0.29, 0.717) is 4.90 Å². The Kier molecular flexibility index (Phi) is 6.80. The molecule has 2 aromatic rings. The molecule has 3 rings (SSSR count). The van der Waals surface area contributed by atoms with Crippen LogP contribution >= 0.6 is 24.2 Å². The van der Waals surface area contributed by atoms with Crippen molar-refractivity contribution in [3.63, 3.8) is 0 Å². The van der Waals surface area contributed by atoms with Gasteiger partial charge < -0.3 is 5.32 Å². The number of nitrogens with one attached hydrogen (secondary N) is 1. The normalized spacial score (nSPS) is 20.5. The summed E-state index contributed by atoms with van der Waals surface area (Å²) in [5.41, 5.74) is -4.03. The first kappa shape index (κ1) is 23.3. The molecule has 0 aliphatic heterocycles. The van der Waals surface area contributed by atoms with E-state index in [-0.39, 0.29) is 24.1 Å². The number of hydrogen-bond donors (Lipinski definition) is 2. The maximum atomic E-state index is 14.0. The van der Waals surface area contributed by atoms with Crippen molar-refractivity contribution in [1.82, 2.24) is 15.3 Å². The van der Waals surface area contributed by atoms with Gasteiger partial charge in [-0.3, -0.25) is 14.5 Å². The van der Waals surface area contributed by atoms with E-state index in [1.807, 2.05) is 0 Å². The maximum Gasteiger partial charge on any atom is 0.278 e. The van der Waals surface area contributed by atoms with Crippen molar-refractivity contribution < 1.29 is 22.8 Å². The Labute approximate surface area is 187 Å². The van der Waals surface area contributed by atoms with E-state index in [1.54, 1.807) is 12.1 Å². The Morgan fingerprint density at radius 3 is 2.42 bits per heavy atom. The first-order valence-corrected chi connectivity index (χ1v) is 10.3. The molecule has 166 valence electrons. The van der Waals surface area contributed by atoms with Crippen LogP contribution < -0.4 is 10.2 Å². The molecule has 1 aliphatic rings. The van der Waals surface area contributed by atoms with Gasteiger partial charge in [-0.2, -0.15) is 0 Å². The lowest BCUT2D eigenvalue weighted by Crippen LogP contribution is -2.59. The third-order valence-electron chi connectivity index (χ3n) is 5.27. The standard InChI is InChI=1S/C20H20ClF3N4O2S/c1-19(12-9-25-11-26-10-12,18(30)27-13-6-7-20(23,24)8-13)28(17(29)16(21)22)14-2-4-15(31)5-3-14/h2-5,9-11,13,16,31H,6-8H2,1H3,(H,27,30)/t13-,16+,19-/m1/s1. The molecule has 0 radical (unpaired) electrons. The molecule has 0 saturated heterocycles. The van der Waals surface area contributed by atoms with E-state index in [9.17, 15) is 22.8 Å². The second kappa shape index (κ2) is 9.04. The van der Waals surface area contributed by atoms with Gasteiger partial charge >= 0.3 is 0 Å². The van der Waals surface area contributed by atoms with Gasteiger partial charge in [-0.15, -0.1) is 12.6 Å². The van der Waals surface area contributed by atoms with Gasteiger partial charge in [0, 0.05) is 47.4 Å². The Hall–Kier alpha value is -2.33. The highest BCUT2D eigenvalue weighted by atomic mass is 35.5. The Bertz CT molecular complexity index is 949. The topological polar surface area (TPSA) is 75.2 Å². The zero-order valence-corrected chi connectivity index (χ0v) is 18.1. The molecule has 0 unspecified atom stereocenters. The highest BCUT2D eigenvalue weighted by Gasteiger charge is 2.49. The van der Waals surface area contributed by atoms with Crippen LogP contribution in [-0.2, 0) is 15.1 Å². The van der Waals surface area contributed by atoms with E-state index in [2.05, 4.69) is 27.9 Å². The number of rotatable bonds is 6. The monoisotopic (exact) mass is 472 g/mol.